The molecule has 9 rings (SSSR count). The molecule has 0 spiro atoms. The van der Waals surface area contributed by atoms with Gasteiger partial charge in [0.2, 0.25) is 0 Å². The van der Waals surface area contributed by atoms with E-state index < -0.39 is 0 Å². The van der Waals surface area contributed by atoms with E-state index in [1.54, 1.807) is 0 Å². The molecule has 0 radical (unpaired) electrons. The van der Waals surface area contributed by atoms with Crippen LogP contribution in [0.3, 0.4) is 0 Å². The highest BCUT2D eigenvalue weighted by Crippen LogP contribution is 2.37. The summed E-state index contributed by atoms with van der Waals surface area (Å²) in [5.41, 5.74) is 9.48. The Bertz CT molecular complexity index is 2540. The highest BCUT2D eigenvalue weighted by Gasteiger charge is 2.13. The van der Waals surface area contributed by atoms with Crippen LogP contribution in [-0.4, -0.2) is 15.0 Å². The topological polar surface area (TPSA) is 38.7 Å². The molecule has 7 aromatic carbocycles. The Morgan fingerprint density at radius 2 is 0.688 bits per heavy atom. The van der Waals surface area contributed by atoms with Crippen LogP contribution < -0.4 is 0 Å². The van der Waals surface area contributed by atoms with Crippen molar-refractivity contribution in [3.63, 3.8) is 0 Å². The Kier molecular flexibility index (Phi) is 6.80. The van der Waals surface area contributed by atoms with Crippen LogP contribution in [-0.2, 0) is 0 Å². The molecule has 0 N–H and O–H groups in total. The highest BCUT2D eigenvalue weighted by atomic mass is 14.9. The number of benzene rings is 7. The summed E-state index contributed by atoms with van der Waals surface area (Å²) in [6.07, 6.45) is 3.64. The van der Waals surface area contributed by atoms with Crippen molar-refractivity contribution < 1.29 is 0 Å². The molecule has 0 saturated carbocycles. The Balaban J connectivity index is 1.11. The Hall–Kier alpha value is -6.45. The molecule has 0 amide bonds. The minimum atomic E-state index is 0.701. The summed E-state index contributed by atoms with van der Waals surface area (Å²) in [6.45, 7) is 0. The van der Waals surface area contributed by atoms with E-state index in [0.717, 1.165) is 44.8 Å². The smallest absolute Gasteiger partial charge is 0.160 e. The fourth-order valence-corrected chi connectivity index (χ4v) is 6.76. The van der Waals surface area contributed by atoms with E-state index in [-0.39, 0.29) is 0 Å². The first-order valence-corrected chi connectivity index (χ1v) is 16.2. The molecule has 0 saturated heterocycles. The summed E-state index contributed by atoms with van der Waals surface area (Å²) < 4.78 is 0. The zero-order valence-electron chi connectivity index (χ0n) is 26.1. The molecule has 48 heavy (non-hydrogen) atoms. The molecule has 0 aliphatic heterocycles. The number of hydrogen-bond acceptors (Lipinski definition) is 3. The van der Waals surface area contributed by atoms with Crippen molar-refractivity contribution in [1.82, 2.24) is 15.0 Å². The van der Waals surface area contributed by atoms with Gasteiger partial charge >= 0.3 is 0 Å². The molecule has 0 aliphatic carbocycles. The number of rotatable bonds is 5. The number of nitrogens with zero attached hydrogens (tertiary/aromatic N) is 3. The van der Waals surface area contributed by atoms with E-state index in [2.05, 4.69) is 138 Å². The van der Waals surface area contributed by atoms with Crippen LogP contribution in [0.2, 0.25) is 0 Å². The maximum atomic E-state index is 5.09. The second kappa shape index (κ2) is 11.7. The third-order valence-corrected chi connectivity index (χ3v) is 9.21. The normalized spacial score (nSPS) is 11.3. The van der Waals surface area contributed by atoms with Crippen LogP contribution in [0.1, 0.15) is 0 Å². The second-order valence-electron chi connectivity index (χ2n) is 12.1. The summed E-state index contributed by atoms with van der Waals surface area (Å²) in [5, 5.41) is 7.68. The van der Waals surface area contributed by atoms with Gasteiger partial charge in [-0.25, -0.2) is 9.97 Å². The average molecular weight is 612 g/mol. The second-order valence-corrected chi connectivity index (χ2v) is 12.1. The van der Waals surface area contributed by atoms with Gasteiger partial charge in [0.1, 0.15) is 0 Å². The molecule has 2 aromatic heterocycles. The van der Waals surface area contributed by atoms with Crippen molar-refractivity contribution in [2.75, 3.05) is 0 Å². The summed E-state index contributed by atoms with van der Waals surface area (Å²) in [6, 6.07) is 57.9. The molecule has 9 aromatic rings. The van der Waals surface area contributed by atoms with Crippen LogP contribution >= 0.6 is 0 Å². The SMILES string of the molecule is c1ccc(-c2cc(-c3ccc(-c4ccncc4)cc3)nc(-c3ccc(-c4ccc5c6ccccc6c6ccccc6c5c4)cc3)n2)cc1. The molecule has 0 atom stereocenters. The van der Waals surface area contributed by atoms with Gasteiger partial charge in [-0.15, -0.1) is 0 Å². The summed E-state index contributed by atoms with van der Waals surface area (Å²) in [5.74, 6) is 0.701. The van der Waals surface area contributed by atoms with Gasteiger partial charge in [-0.3, -0.25) is 4.98 Å². The van der Waals surface area contributed by atoms with Crippen molar-refractivity contribution in [2.24, 2.45) is 0 Å². The average Bonchev–Trinajstić information content (AvgIpc) is 3.18. The van der Waals surface area contributed by atoms with Crippen LogP contribution in [0.15, 0.2) is 176 Å². The first-order valence-electron chi connectivity index (χ1n) is 16.2. The van der Waals surface area contributed by atoms with Crippen molar-refractivity contribution in [3.05, 3.63) is 176 Å². The van der Waals surface area contributed by atoms with Gasteiger partial charge in [-0.2, -0.15) is 0 Å². The van der Waals surface area contributed by atoms with Gasteiger partial charge in [0.25, 0.3) is 0 Å². The van der Waals surface area contributed by atoms with Crippen LogP contribution in [0.4, 0.5) is 0 Å². The van der Waals surface area contributed by atoms with Gasteiger partial charge < -0.3 is 0 Å². The van der Waals surface area contributed by atoms with Crippen molar-refractivity contribution in [3.8, 4) is 56.2 Å². The fraction of sp³-hybridized carbons (Fsp3) is 0. The zero-order valence-corrected chi connectivity index (χ0v) is 26.1. The Morgan fingerprint density at radius 3 is 1.29 bits per heavy atom. The number of aromatic nitrogens is 3. The lowest BCUT2D eigenvalue weighted by Gasteiger charge is -2.12. The van der Waals surface area contributed by atoms with E-state index in [4.69, 9.17) is 9.97 Å². The lowest BCUT2D eigenvalue weighted by molar-refractivity contribution is 1.18. The largest absolute Gasteiger partial charge is 0.265 e. The van der Waals surface area contributed by atoms with E-state index in [9.17, 15) is 0 Å². The first kappa shape index (κ1) is 27.8. The van der Waals surface area contributed by atoms with Gasteiger partial charge in [-0.05, 0) is 78.8 Å². The molecular formula is C45H29N3. The van der Waals surface area contributed by atoms with Crippen LogP contribution in [0.5, 0.6) is 0 Å². The van der Waals surface area contributed by atoms with E-state index in [1.807, 2.05) is 42.7 Å². The summed E-state index contributed by atoms with van der Waals surface area (Å²) in [7, 11) is 0. The maximum absolute atomic E-state index is 5.09. The van der Waals surface area contributed by atoms with Crippen molar-refractivity contribution in [2.45, 2.75) is 0 Å². The third-order valence-electron chi connectivity index (χ3n) is 9.21. The van der Waals surface area contributed by atoms with Crippen molar-refractivity contribution >= 4 is 32.3 Å². The minimum Gasteiger partial charge on any atom is -0.265 e. The summed E-state index contributed by atoms with van der Waals surface area (Å²) >= 11 is 0. The Morgan fingerprint density at radius 1 is 0.271 bits per heavy atom. The number of hydrogen-bond donors (Lipinski definition) is 0. The molecule has 0 fully saturated rings. The molecule has 3 heteroatoms. The van der Waals surface area contributed by atoms with Gasteiger partial charge in [0.05, 0.1) is 11.4 Å². The quantitative estimate of drug-likeness (QED) is 0.182. The van der Waals surface area contributed by atoms with E-state index in [1.165, 1.54) is 37.9 Å². The van der Waals surface area contributed by atoms with Crippen LogP contribution in [0, 0.1) is 0 Å². The molecule has 0 bridgehead atoms. The number of pyridine rings is 1. The maximum Gasteiger partial charge on any atom is 0.160 e. The molecule has 224 valence electrons. The van der Waals surface area contributed by atoms with E-state index in [0.29, 0.717) is 5.82 Å². The molecule has 0 unspecified atom stereocenters. The Labute approximate surface area is 278 Å². The third kappa shape index (κ3) is 4.99. The lowest BCUT2D eigenvalue weighted by atomic mass is 9.92. The predicted molar refractivity (Wildman–Crippen MR) is 200 cm³/mol. The lowest BCUT2D eigenvalue weighted by Crippen LogP contribution is -1.96. The monoisotopic (exact) mass is 611 g/mol. The van der Waals surface area contributed by atoms with Crippen LogP contribution in [0.25, 0.3) is 88.5 Å². The van der Waals surface area contributed by atoms with Gasteiger partial charge in [-0.1, -0.05) is 140 Å². The predicted octanol–water partition coefficient (Wildman–Crippen LogP) is 11.7. The zero-order chi connectivity index (χ0) is 31.9. The first-order chi connectivity index (χ1) is 23.8. The van der Waals surface area contributed by atoms with Crippen molar-refractivity contribution in [1.29, 1.82) is 0 Å². The minimum absolute atomic E-state index is 0.701. The highest BCUT2D eigenvalue weighted by molar-refractivity contribution is 6.25. The molecule has 0 aliphatic rings. The van der Waals surface area contributed by atoms with Gasteiger partial charge in [0.15, 0.2) is 5.82 Å². The fourth-order valence-electron chi connectivity index (χ4n) is 6.76. The summed E-state index contributed by atoms with van der Waals surface area (Å²) in [4.78, 5) is 14.3. The molecule has 3 nitrogen and oxygen atoms in total. The van der Waals surface area contributed by atoms with E-state index >= 15 is 0 Å². The standard InChI is InChI=1S/C45H29N3/c1-2-8-33(9-3-1)43-29-44(34-18-14-30(15-19-34)32-24-26-46-27-25-32)48-45(47-43)35-20-16-31(17-21-35)36-22-23-41-39-12-5-4-10-37(39)38-11-6-7-13-40(38)42(41)28-36/h1-29H. The van der Waals surface area contributed by atoms with Gasteiger partial charge in [0, 0.05) is 29.1 Å². The molecular weight excluding hydrogens is 583 g/mol. The number of fused-ring (bicyclic) bond motifs is 6. The molecule has 2 heterocycles.